The number of halogens is 2. The summed E-state index contributed by atoms with van der Waals surface area (Å²) in [6, 6.07) is 12.9. The van der Waals surface area contributed by atoms with Crippen LogP contribution in [0.25, 0.3) is 6.08 Å². The van der Waals surface area contributed by atoms with Crippen LogP contribution in [0.4, 0.5) is 0 Å². The van der Waals surface area contributed by atoms with E-state index in [1.165, 1.54) is 0 Å². The van der Waals surface area contributed by atoms with Crippen molar-refractivity contribution in [3.8, 4) is 5.75 Å². The van der Waals surface area contributed by atoms with Crippen LogP contribution < -0.4 is 0 Å². The maximum atomic E-state index is 11.9. The molecule has 1 saturated heterocycles. The van der Waals surface area contributed by atoms with Gasteiger partial charge >= 0.3 is 0 Å². The molecule has 1 heterocycles. The molecule has 0 radical (unpaired) electrons. The first kappa shape index (κ1) is 19.3. The first-order valence-electron chi connectivity index (χ1n) is 7.72. The Kier molecular flexibility index (Phi) is 6.30. The molecular formula is C19H14I2O5. The largest absolute Gasteiger partial charge is 0.506 e. The summed E-state index contributed by atoms with van der Waals surface area (Å²) >= 11 is 4.11. The zero-order chi connectivity index (χ0) is 18.7. The Morgan fingerprint density at radius 2 is 1.81 bits per heavy atom. The van der Waals surface area contributed by atoms with E-state index >= 15 is 0 Å². The van der Waals surface area contributed by atoms with Crippen LogP contribution in [0.2, 0.25) is 0 Å². The molecule has 1 N–H and O–H groups in total. The first-order valence-corrected chi connectivity index (χ1v) is 9.88. The minimum absolute atomic E-state index is 0.176. The predicted octanol–water partition coefficient (Wildman–Crippen LogP) is 4.21. The van der Waals surface area contributed by atoms with Crippen LogP contribution in [-0.4, -0.2) is 23.3 Å². The fourth-order valence-electron chi connectivity index (χ4n) is 2.54. The summed E-state index contributed by atoms with van der Waals surface area (Å²) in [7, 11) is 0. The van der Waals surface area contributed by atoms with Gasteiger partial charge in [-0.2, -0.15) is 0 Å². The van der Waals surface area contributed by atoms with E-state index in [0.717, 1.165) is 11.1 Å². The average molecular weight is 576 g/mol. The van der Waals surface area contributed by atoms with E-state index in [0.29, 0.717) is 12.9 Å². The molecule has 26 heavy (non-hydrogen) atoms. The molecular weight excluding hydrogens is 562 g/mol. The van der Waals surface area contributed by atoms with Gasteiger partial charge in [0.15, 0.2) is 6.29 Å². The Morgan fingerprint density at radius 1 is 1.15 bits per heavy atom. The number of Topliss-reactive ketones (excluding diaryl/α,β-unsaturated/α-hetero) is 1. The molecule has 7 heteroatoms. The van der Waals surface area contributed by atoms with Crippen molar-refractivity contribution in [3.05, 3.63) is 66.5 Å². The molecule has 2 aromatic carbocycles. The van der Waals surface area contributed by atoms with Crippen molar-refractivity contribution < 1.29 is 24.2 Å². The molecule has 2 atom stereocenters. The number of ketones is 1. The summed E-state index contributed by atoms with van der Waals surface area (Å²) in [4.78, 5) is 22.8. The van der Waals surface area contributed by atoms with Crippen molar-refractivity contribution in [3.63, 3.8) is 0 Å². The van der Waals surface area contributed by atoms with Gasteiger partial charge in [-0.25, -0.2) is 0 Å². The van der Waals surface area contributed by atoms with Crippen molar-refractivity contribution in [1.29, 1.82) is 0 Å². The number of aldehydes is 1. The number of carbonyl (C=O) groups excluding carboxylic acids is 2. The lowest BCUT2D eigenvalue weighted by atomic mass is 10.1. The van der Waals surface area contributed by atoms with Crippen LogP contribution in [0.5, 0.6) is 5.75 Å². The number of aromatic hydroxyl groups is 1. The third kappa shape index (κ3) is 4.44. The fraction of sp³-hybridized carbons (Fsp3) is 0.158. The molecule has 0 aromatic heterocycles. The molecule has 0 bridgehead atoms. The Bertz CT molecular complexity index is 840. The third-order valence-corrected chi connectivity index (χ3v) is 5.45. The lowest BCUT2D eigenvalue weighted by Crippen LogP contribution is -2.33. The van der Waals surface area contributed by atoms with E-state index in [1.54, 1.807) is 6.08 Å². The number of benzene rings is 2. The Labute approximate surface area is 177 Å². The van der Waals surface area contributed by atoms with Gasteiger partial charge in [-0.15, -0.1) is 0 Å². The second kappa shape index (κ2) is 8.49. The Hall–Kier alpha value is -1.46. The van der Waals surface area contributed by atoms with Gasteiger partial charge < -0.3 is 14.6 Å². The number of hydrogen-bond donors (Lipinski definition) is 1. The fourth-order valence-corrected chi connectivity index (χ4v) is 4.36. The van der Waals surface area contributed by atoms with Crippen LogP contribution in [0.1, 0.15) is 23.8 Å². The van der Waals surface area contributed by atoms with Gasteiger partial charge in [0.2, 0.25) is 12.1 Å². The average Bonchev–Trinajstić information content (AvgIpc) is 2.65. The summed E-state index contributed by atoms with van der Waals surface area (Å²) in [5.74, 6) is 0.162. The van der Waals surface area contributed by atoms with Gasteiger partial charge in [0, 0.05) is 12.0 Å². The minimum atomic E-state index is -0.882. The van der Waals surface area contributed by atoms with E-state index < -0.39 is 18.2 Å². The van der Waals surface area contributed by atoms with Crippen molar-refractivity contribution in [2.45, 2.75) is 18.8 Å². The standard InChI is InChI=1S/C19H14I2O5/c20-14-7-11(8-15(21)18(14)24)6-13-9-17(16(23)10-22)26-19(25-13)12-4-2-1-3-5-12/h1-8,10,17,19,24H,9H2. The van der Waals surface area contributed by atoms with Crippen LogP contribution in [0.15, 0.2) is 48.2 Å². The number of carbonyl (C=O) groups is 2. The minimum Gasteiger partial charge on any atom is -0.506 e. The predicted molar refractivity (Wildman–Crippen MR) is 112 cm³/mol. The number of ether oxygens (including phenoxy) is 2. The summed E-state index contributed by atoms with van der Waals surface area (Å²) < 4.78 is 13.0. The molecule has 0 amide bonds. The van der Waals surface area contributed by atoms with Gasteiger partial charge in [-0.3, -0.25) is 9.59 Å². The van der Waals surface area contributed by atoms with Crippen molar-refractivity contribution in [2.24, 2.45) is 0 Å². The molecule has 0 aliphatic carbocycles. The van der Waals surface area contributed by atoms with Gasteiger partial charge in [0.25, 0.3) is 0 Å². The second-order valence-corrected chi connectivity index (χ2v) is 7.98. The summed E-state index contributed by atoms with van der Waals surface area (Å²) in [6.07, 6.45) is 0.609. The lowest BCUT2D eigenvalue weighted by Gasteiger charge is -2.31. The monoisotopic (exact) mass is 576 g/mol. The number of hydrogen-bond acceptors (Lipinski definition) is 5. The molecule has 134 valence electrons. The van der Waals surface area contributed by atoms with E-state index in [4.69, 9.17) is 9.47 Å². The maximum Gasteiger partial charge on any atom is 0.226 e. The van der Waals surface area contributed by atoms with E-state index in [-0.39, 0.29) is 18.5 Å². The first-order chi connectivity index (χ1) is 12.5. The molecule has 2 aromatic rings. The van der Waals surface area contributed by atoms with E-state index in [9.17, 15) is 14.7 Å². The number of phenolic OH excluding ortho intramolecular Hbond substituents is 1. The highest BCUT2D eigenvalue weighted by Crippen LogP contribution is 2.34. The second-order valence-electron chi connectivity index (χ2n) is 5.65. The van der Waals surface area contributed by atoms with Crippen molar-refractivity contribution in [1.82, 2.24) is 0 Å². The Balaban J connectivity index is 1.94. The molecule has 0 spiro atoms. The van der Waals surface area contributed by atoms with Gasteiger partial charge in [0.05, 0.1) is 7.14 Å². The van der Waals surface area contributed by atoms with Crippen LogP contribution in [0, 0.1) is 7.14 Å². The highest BCUT2D eigenvalue weighted by molar-refractivity contribution is 14.1. The molecule has 5 nitrogen and oxygen atoms in total. The van der Waals surface area contributed by atoms with Crippen molar-refractivity contribution >= 4 is 63.3 Å². The van der Waals surface area contributed by atoms with Crippen LogP contribution >= 0.6 is 45.2 Å². The molecule has 1 fully saturated rings. The quantitative estimate of drug-likeness (QED) is 0.336. The number of rotatable bonds is 4. The Morgan fingerprint density at radius 3 is 2.42 bits per heavy atom. The van der Waals surface area contributed by atoms with Gasteiger partial charge in [-0.05, 0) is 69.0 Å². The smallest absolute Gasteiger partial charge is 0.226 e. The number of phenols is 1. The highest BCUT2D eigenvalue weighted by Gasteiger charge is 2.32. The summed E-state index contributed by atoms with van der Waals surface area (Å²) in [5, 5.41) is 9.90. The van der Waals surface area contributed by atoms with Gasteiger partial charge in [0.1, 0.15) is 17.6 Å². The zero-order valence-corrected chi connectivity index (χ0v) is 17.7. The van der Waals surface area contributed by atoms with Gasteiger partial charge in [-0.1, -0.05) is 30.3 Å². The lowest BCUT2D eigenvalue weighted by molar-refractivity contribution is -0.191. The topological polar surface area (TPSA) is 72.8 Å². The molecule has 1 aliphatic rings. The molecule has 0 saturated carbocycles. The maximum absolute atomic E-state index is 11.9. The summed E-state index contributed by atoms with van der Waals surface area (Å²) in [5.41, 5.74) is 1.59. The van der Waals surface area contributed by atoms with Crippen LogP contribution in [0.3, 0.4) is 0 Å². The highest BCUT2D eigenvalue weighted by atomic mass is 127. The van der Waals surface area contributed by atoms with Crippen LogP contribution in [-0.2, 0) is 19.1 Å². The normalized spacial score (nSPS) is 21.2. The van der Waals surface area contributed by atoms with Crippen molar-refractivity contribution in [2.75, 3.05) is 0 Å². The van der Waals surface area contributed by atoms with E-state index in [1.807, 2.05) is 42.5 Å². The van der Waals surface area contributed by atoms with E-state index in [2.05, 4.69) is 45.2 Å². The SMILES string of the molecule is O=CC(=O)C1CC(=Cc2cc(I)c(O)c(I)c2)OC(c2ccccc2)O1. The molecule has 2 unspecified atom stereocenters. The molecule has 3 rings (SSSR count). The summed E-state index contributed by atoms with van der Waals surface area (Å²) in [6.45, 7) is 0. The molecule has 1 aliphatic heterocycles. The third-order valence-electron chi connectivity index (χ3n) is 3.80. The zero-order valence-electron chi connectivity index (χ0n) is 13.4.